The molecule has 0 spiro atoms. The Labute approximate surface area is 127 Å². The van der Waals surface area contributed by atoms with Crippen LogP contribution in [0.4, 0.5) is 0 Å². The summed E-state index contributed by atoms with van der Waals surface area (Å²) in [5.74, 6) is 1.00. The molecule has 2 rings (SSSR count). The average molecular weight is 290 g/mol. The van der Waals surface area contributed by atoms with Gasteiger partial charge in [0.05, 0.1) is 6.61 Å². The first-order chi connectivity index (χ1) is 10.2. The topological polar surface area (TPSA) is 41.6 Å². The molecule has 0 bridgehead atoms. The number of likely N-dealkylation sites (N-methyl/N-ethyl adjacent to an activating group) is 1. The number of Topliss-reactive ketones (excluding diaryl/α,β-unsaturated/α-hetero) is 1. The van der Waals surface area contributed by atoms with Gasteiger partial charge < -0.3 is 10.1 Å². The van der Waals surface area contributed by atoms with E-state index >= 15 is 0 Å². The quantitative estimate of drug-likeness (QED) is 0.783. The second-order valence-electron chi connectivity index (χ2n) is 5.64. The Hall–Kier alpha value is -1.39. The second kappa shape index (κ2) is 7.57. The molecule has 0 radical (unpaired) electrons. The molecule has 1 atom stereocenters. The van der Waals surface area contributed by atoms with Gasteiger partial charge in [-0.2, -0.15) is 0 Å². The van der Waals surface area contributed by atoms with E-state index in [0.29, 0.717) is 12.6 Å². The van der Waals surface area contributed by atoms with Crippen LogP contribution >= 0.6 is 0 Å². The van der Waals surface area contributed by atoms with Crippen LogP contribution in [-0.2, 0) is 6.54 Å². The minimum absolute atomic E-state index is 0.104. The first-order valence-corrected chi connectivity index (χ1v) is 7.81. The average Bonchev–Trinajstić information content (AvgIpc) is 2.88. The first-order valence-electron chi connectivity index (χ1n) is 7.81. The molecule has 1 fully saturated rings. The van der Waals surface area contributed by atoms with Crippen LogP contribution in [0.1, 0.15) is 42.6 Å². The Balaban J connectivity index is 2.19. The number of hydrogen-bond acceptors (Lipinski definition) is 4. The maximum atomic E-state index is 11.6. The maximum absolute atomic E-state index is 11.6. The molecule has 1 heterocycles. The van der Waals surface area contributed by atoms with E-state index in [1.54, 1.807) is 6.92 Å². The molecule has 0 aliphatic carbocycles. The van der Waals surface area contributed by atoms with E-state index in [0.717, 1.165) is 36.5 Å². The van der Waals surface area contributed by atoms with E-state index in [4.69, 9.17) is 4.74 Å². The summed E-state index contributed by atoms with van der Waals surface area (Å²) in [6.07, 6.45) is 2.47. The van der Waals surface area contributed by atoms with Crippen molar-refractivity contribution in [2.45, 2.75) is 39.3 Å². The lowest BCUT2D eigenvalue weighted by Crippen LogP contribution is -2.36. The number of carbonyl (C=O) groups excluding carboxylic acids is 1. The van der Waals surface area contributed by atoms with E-state index < -0.39 is 0 Å². The summed E-state index contributed by atoms with van der Waals surface area (Å²) in [5.41, 5.74) is 1.88. The molecule has 1 aliphatic rings. The number of nitrogens with one attached hydrogen (secondary N) is 1. The molecule has 0 aromatic heterocycles. The summed E-state index contributed by atoms with van der Waals surface area (Å²) in [6.45, 7) is 7.22. The van der Waals surface area contributed by atoms with E-state index in [9.17, 15) is 4.79 Å². The van der Waals surface area contributed by atoms with Gasteiger partial charge in [0.2, 0.25) is 0 Å². The predicted octanol–water partition coefficient (Wildman–Crippen LogP) is 2.47. The minimum Gasteiger partial charge on any atom is -0.494 e. The van der Waals surface area contributed by atoms with Crippen molar-refractivity contribution in [1.82, 2.24) is 10.2 Å². The van der Waals surface area contributed by atoms with E-state index in [1.807, 2.05) is 32.2 Å². The van der Waals surface area contributed by atoms with Crippen LogP contribution in [0.5, 0.6) is 5.75 Å². The zero-order valence-corrected chi connectivity index (χ0v) is 13.3. The van der Waals surface area contributed by atoms with Crippen LogP contribution in [-0.4, -0.2) is 43.5 Å². The molecule has 1 aromatic carbocycles. The monoisotopic (exact) mass is 290 g/mol. The van der Waals surface area contributed by atoms with Crippen molar-refractivity contribution in [1.29, 1.82) is 0 Å². The van der Waals surface area contributed by atoms with Crippen LogP contribution in [0.2, 0.25) is 0 Å². The number of nitrogens with zero attached hydrogens (tertiary/aromatic N) is 1. The highest BCUT2D eigenvalue weighted by atomic mass is 16.5. The Morgan fingerprint density at radius 3 is 2.95 bits per heavy atom. The molecule has 116 valence electrons. The van der Waals surface area contributed by atoms with E-state index in [2.05, 4.69) is 10.2 Å². The molecule has 1 N–H and O–H groups in total. The summed E-state index contributed by atoms with van der Waals surface area (Å²) in [6, 6.07) is 6.35. The Bertz CT molecular complexity index is 488. The minimum atomic E-state index is 0.104. The standard InChI is InChI=1S/C17H26N2O2/c1-4-21-17-8-7-14(13(2)20)10-15(17)12-19-9-5-6-16(19)11-18-3/h7-8,10,16,18H,4-6,9,11-12H2,1-3H3. The highest BCUT2D eigenvalue weighted by Gasteiger charge is 2.24. The van der Waals surface area contributed by atoms with Crippen molar-refractivity contribution in [2.24, 2.45) is 0 Å². The van der Waals surface area contributed by atoms with Gasteiger partial charge in [0, 0.05) is 30.3 Å². The Morgan fingerprint density at radius 1 is 1.48 bits per heavy atom. The largest absolute Gasteiger partial charge is 0.494 e. The third-order valence-electron chi connectivity index (χ3n) is 4.08. The van der Waals surface area contributed by atoms with Gasteiger partial charge in [-0.1, -0.05) is 0 Å². The number of benzene rings is 1. The van der Waals surface area contributed by atoms with Gasteiger partial charge in [0.15, 0.2) is 5.78 Å². The number of likely N-dealkylation sites (tertiary alicyclic amines) is 1. The fourth-order valence-electron chi connectivity index (χ4n) is 3.01. The fourth-order valence-corrected chi connectivity index (χ4v) is 3.01. The molecule has 1 aliphatic heterocycles. The number of ketones is 1. The van der Waals surface area contributed by atoms with E-state index in [-0.39, 0.29) is 5.78 Å². The Kier molecular flexibility index (Phi) is 5.76. The smallest absolute Gasteiger partial charge is 0.159 e. The SMILES string of the molecule is CCOc1ccc(C(C)=O)cc1CN1CCCC1CNC. The third kappa shape index (κ3) is 4.05. The molecular formula is C17H26N2O2. The number of hydrogen-bond donors (Lipinski definition) is 1. The zero-order chi connectivity index (χ0) is 15.2. The molecule has 4 nitrogen and oxygen atoms in total. The van der Waals surface area contributed by atoms with Crippen molar-refractivity contribution in [2.75, 3.05) is 26.7 Å². The van der Waals surface area contributed by atoms with Crippen molar-refractivity contribution in [3.8, 4) is 5.75 Å². The van der Waals surface area contributed by atoms with Crippen LogP contribution < -0.4 is 10.1 Å². The number of ether oxygens (including phenoxy) is 1. The molecule has 21 heavy (non-hydrogen) atoms. The van der Waals surface area contributed by atoms with Crippen molar-refractivity contribution in [3.63, 3.8) is 0 Å². The number of rotatable bonds is 7. The molecule has 0 amide bonds. The first kappa shape index (κ1) is 16.0. The molecule has 1 unspecified atom stereocenters. The maximum Gasteiger partial charge on any atom is 0.159 e. The summed E-state index contributed by atoms with van der Waals surface area (Å²) in [7, 11) is 2.00. The second-order valence-corrected chi connectivity index (χ2v) is 5.64. The third-order valence-corrected chi connectivity index (χ3v) is 4.08. The van der Waals surface area contributed by atoms with Crippen molar-refractivity contribution in [3.05, 3.63) is 29.3 Å². The Morgan fingerprint density at radius 2 is 2.29 bits per heavy atom. The van der Waals surface area contributed by atoms with Gasteiger partial charge in [0.25, 0.3) is 0 Å². The lowest BCUT2D eigenvalue weighted by molar-refractivity contribution is 0.101. The lowest BCUT2D eigenvalue weighted by Gasteiger charge is -2.25. The van der Waals surface area contributed by atoms with Gasteiger partial charge in [-0.05, 0) is 58.5 Å². The van der Waals surface area contributed by atoms with Crippen molar-refractivity contribution < 1.29 is 9.53 Å². The molecule has 4 heteroatoms. The van der Waals surface area contributed by atoms with Crippen LogP contribution in [0, 0.1) is 0 Å². The van der Waals surface area contributed by atoms with E-state index in [1.165, 1.54) is 12.8 Å². The van der Waals surface area contributed by atoms with Crippen LogP contribution in [0.25, 0.3) is 0 Å². The van der Waals surface area contributed by atoms with Gasteiger partial charge in [-0.3, -0.25) is 9.69 Å². The normalized spacial score (nSPS) is 18.9. The number of carbonyl (C=O) groups is 1. The summed E-state index contributed by atoms with van der Waals surface area (Å²) in [4.78, 5) is 14.1. The molecule has 1 aromatic rings. The van der Waals surface area contributed by atoms with Gasteiger partial charge in [-0.25, -0.2) is 0 Å². The van der Waals surface area contributed by atoms with Crippen LogP contribution in [0.3, 0.4) is 0 Å². The molecule has 1 saturated heterocycles. The van der Waals surface area contributed by atoms with Crippen molar-refractivity contribution >= 4 is 5.78 Å². The highest BCUT2D eigenvalue weighted by Crippen LogP contribution is 2.26. The summed E-state index contributed by atoms with van der Waals surface area (Å²) in [5, 5.41) is 3.27. The highest BCUT2D eigenvalue weighted by molar-refractivity contribution is 5.94. The lowest BCUT2D eigenvalue weighted by atomic mass is 10.1. The fraction of sp³-hybridized carbons (Fsp3) is 0.588. The molecular weight excluding hydrogens is 264 g/mol. The predicted molar refractivity (Wildman–Crippen MR) is 85.0 cm³/mol. The van der Waals surface area contributed by atoms with Gasteiger partial charge in [-0.15, -0.1) is 0 Å². The molecule has 0 saturated carbocycles. The zero-order valence-electron chi connectivity index (χ0n) is 13.3. The summed E-state index contributed by atoms with van der Waals surface area (Å²) >= 11 is 0. The van der Waals surface area contributed by atoms with Gasteiger partial charge >= 0.3 is 0 Å². The van der Waals surface area contributed by atoms with Crippen LogP contribution in [0.15, 0.2) is 18.2 Å². The summed E-state index contributed by atoms with van der Waals surface area (Å²) < 4.78 is 5.72. The van der Waals surface area contributed by atoms with Gasteiger partial charge in [0.1, 0.15) is 5.75 Å².